The van der Waals surface area contributed by atoms with Crippen LogP contribution < -0.4 is 10.6 Å². The van der Waals surface area contributed by atoms with E-state index >= 15 is 0 Å². The van der Waals surface area contributed by atoms with Crippen LogP contribution in [-0.4, -0.2) is 58.2 Å². The van der Waals surface area contributed by atoms with Crippen LogP contribution in [0.15, 0.2) is 18.3 Å². The van der Waals surface area contributed by atoms with Gasteiger partial charge in [-0.2, -0.15) is 5.10 Å². The summed E-state index contributed by atoms with van der Waals surface area (Å²) in [4.78, 5) is 38.6. The Labute approximate surface area is 187 Å². The van der Waals surface area contributed by atoms with Crippen molar-refractivity contribution in [1.29, 1.82) is 0 Å². The molecular weight excluding hydrogens is 448 g/mol. The maximum absolute atomic E-state index is 14.0. The average Bonchev–Trinajstić information content (AvgIpc) is 3.19. The van der Waals surface area contributed by atoms with E-state index in [1.807, 2.05) is 0 Å². The molecule has 0 aliphatic carbocycles. The number of piperidine rings is 1. The molecule has 3 N–H and O–H groups in total. The number of benzene rings is 1. The molecule has 0 radical (unpaired) electrons. The fraction of sp³-hybridized carbons (Fsp3) is 0.400. The van der Waals surface area contributed by atoms with Gasteiger partial charge in [-0.25, -0.2) is 13.6 Å². The van der Waals surface area contributed by atoms with Crippen molar-refractivity contribution in [2.24, 2.45) is 0 Å². The minimum Gasteiger partial charge on any atom is -0.447 e. The number of amides is 3. The van der Waals surface area contributed by atoms with E-state index in [4.69, 9.17) is 16.3 Å². The lowest BCUT2D eigenvalue weighted by Gasteiger charge is -2.32. The van der Waals surface area contributed by atoms with Crippen LogP contribution in [0.1, 0.15) is 47.5 Å². The van der Waals surface area contributed by atoms with Crippen molar-refractivity contribution in [3.8, 4) is 0 Å². The third kappa shape index (κ3) is 5.34. The molecule has 1 saturated heterocycles. The molecule has 9 nitrogen and oxygen atoms in total. The first-order valence-corrected chi connectivity index (χ1v) is 10.3. The molecule has 12 heteroatoms. The summed E-state index contributed by atoms with van der Waals surface area (Å²) in [6.45, 7) is 4.37. The van der Waals surface area contributed by atoms with Crippen LogP contribution in [-0.2, 0) is 4.74 Å². The molecule has 3 amide bonds. The summed E-state index contributed by atoms with van der Waals surface area (Å²) in [5.74, 6) is -3.54. The standard InChI is InChI=1S/C20H22ClF2N5O4/c1-10(2)32-20(31)28-7-5-11(6-8-28)25-19(30)17-14(9-24-27-17)26-18(29)15-12(22)3-4-13(23)16(15)21/h3-4,9-11H,5-8H2,1-2H3,(H,24,27)(H,25,30)(H,26,29). The Morgan fingerprint density at radius 3 is 2.50 bits per heavy atom. The highest BCUT2D eigenvalue weighted by Crippen LogP contribution is 2.24. The molecule has 0 saturated carbocycles. The Hall–Kier alpha value is -3.21. The first-order valence-electron chi connectivity index (χ1n) is 9.92. The molecule has 32 heavy (non-hydrogen) atoms. The Bertz CT molecular complexity index is 1020. The van der Waals surface area contributed by atoms with Gasteiger partial charge in [-0.1, -0.05) is 11.6 Å². The highest BCUT2D eigenvalue weighted by Gasteiger charge is 2.27. The van der Waals surface area contributed by atoms with E-state index in [1.54, 1.807) is 18.7 Å². The molecule has 172 valence electrons. The first-order chi connectivity index (χ1) is 15.2. The largest absolute Gasteiger partial charge is 0.447 e. The predicted molar refractivity (Wildman–Crippen MR) is 112 cm³/mol. The van der Waals surface area contributed by atoms with Crippen LogP contribution in [0.4, 0.5) is 19.3 Å². The van der Waals surface area contributed by atoms with Crippen molar-refractivity contribution in [3.63, 3.8) is 0 Å². The zero-order valence-corrected chi connectivity index (χ0v) is 18.1. The van der Waals surface area contributed by atoms with Gasteiger partial charge in [0.15, 0.2) is 0 Å². The molecule has 0 atom stereocenters. The number of likely N-dealkylation sites (tertiary alicyclic amines) is 1. The minimum absolute atomic E-state index is 0.0230. The Morgan fingerprint density at radius 2 is 1.84 bits per heavy atom. The molecule has 2 heterocycles. The normalized spacial score (nSPS) is 14.4. The average molecular weight is 470 g/mol. The fourth-order valence-corrected chi connectivity index (χ4v) is 3.45. The highest BCUT2D eigenvalue weighted by molar-refractivity contribution is 6.34. The smallest absolute Gasteiger partial charge is 0.410 e. The van der Waals surface area contributed by atoms with Crippen molar-refractivity contribution < 1.29 is 27.9 Å². The van der Waals surface area contributed by atoms with Crippen molar-refractivity contribution >= 4 is 35.2 Å². The molecule has 1 aromatic carbocycles. The lowest BCUT2D eigenvalue weighted by atomic mass is 10.1. The number of carbonyl (C=O) groups is 3. The van der Waals surface area contributed by atoms with Crippen LogP contribution >= 0.6 is 11.6 Å². The molecule has 0 spiro atoms. The van der Waals surface area contributed by atoms with Crippen LogP contribution in [0.5, 0.6) is 0 Å². The van der Waals surface area contributed by atoms with E-state index in [2.05, 4.69) is 20.8 Å². The molecule has 1 aliphatic rings. The van der Waals surface area contributed by atoms with Crippen molar-refractivity contribution in [2.75, 3.05) is 18.4 Å². The molecule has 1 fully saturated rings. The summed E-state index contributed by atoms with van der Waals surface area (Å²) in [6.07, 6.45) is 1.58. The highest BCUT2D eigenvalue weighted by atomic mass is 35.5. The van der Waals surface area contributed by atoms with Crippen molar-refractivity contribution in [1.82, 2.24) is 20.4 Å². The summed E-state index contributed by atoms with van der Waals surface area (Å²) >= 11 is 5.71. The molecule has 0 bridgehead atoms. The summed E-state index contributed by atoms with van der Waals surface area (Å²) in [7, 11) is 0. The van der Waals surface area contributed by atoms with Crippen molar-refractivity contribution in [3.05, 3.63) is 46.2 Å². The minimum atomic E-state index is -1.03. The monoisotopic (exact) mass is 469 g/mol. The van der Waals surface area contributed by atoms with E-state index in [0.717, 1.165) is 12.1 Å². The zero-order valence-electron chi connectivity index (χ0n) is 17.4. The number of carbonyl (C=O) groups excluding carboxylic acids is 3. The summed E-state index contributed by atoms with van der Waals surface area (Å²) in [6, 6.07) is 1.37. The number of nitrogens with zero attached hydrogens (tertiary/aromatic N) is 2. The lowest BCUT2D eigenvalue weighted by Crippen LogP contribution is -2.47. The van der Waals surface area contributed by atoms with Crippen LogP contribution in [0.25, 0.3) is 0 Å². The van der Waals surface area contributed by atoms with E-state index < -0.39 is 40.1 Å². The first kappa shape index (κ1) is 23.5. The van der Waals surface area contributed by atoms with E-state index in [1.165, 1.54) is 6.20 Å². The van der Waals surface area contributed by atoms with Gasteiger partial charge in [0.05, 0.1) is 28.6 Å². The number of H-pyrrole nitrogens is 1. The molecular formula is C20H22ClF2N5O4. The van der Waals surface area contributed by atoms with E-state index in [0.29, 0.717) is 25.9 Å². The van der Waals surface area contributed by atoms with E-state index in [9.17, 15) is 23.2 Å². The van der Waals surface area contributed by atoms with Gasteiger partial charge in [0.25, 0.3) is 11.8 Å². The second-order valence-electron chi connectivity index (χ2n) is 7.50. The summed E-state index contributed by atoms with van der Waals surface area (Å²) in [5, 5.41) is 10.7. The number of aromatic amines is 1. The second kappa shape index (κ2) is 9.94. The van der Waals surface area contributed by atoms with Gasteiger partial charge in [0.2, 0.25) is 0 Å². The molecule has 1 aromatic heterocycles. The number of halogens is 3. The molecule has 1 aliphatic heterocycles. The quantitative estimate of drug-likeness (QED) is 0.581. The number of anilines is 1. The van der Waals surface area contributed by atoms with Crippen molar-refractivity contribution in [2.45, 2.75) is 38.8 Å². The third-order valence-corrected chi connectivity index (χ3v) is 5.18. The van der Waals surface area contributed by atoms with Gasteiger partial charge in [0.1, 0.15) is 17.3 Å². The SMILES string of the molecule is CC(C)OC(=O)N1CCC(NC(=O)c2[nH]ncc2NC(=O)c2c(F)ccc(F)c2Cl)CC1. The number of hydrogen-bond donors (Lipinski definition) is 3. The lowest BCUT2D eigenvalue weighted by molar-refractivity contribution is 0.0667. The van der Waals surface area contributed by atoms with Crippen LogP contribution in [0.3, 0.4) is 0 Å². The van der Waals surface area contributed by atoms with Gasteiger partial charge >= 0.3 is 6.09 Å². The summed E-state index contributed by atoms with van der Waals surface area (Å²) in [5.41, 5.74) is -0.766. The Morgan fingerprint density at radius 1 is 1.19 bits per heavy atom. The van der Waals surface area contributed by atoms with E-state index in [-0.39, 0.29) is 23.5 Å². The molecule has 2 aromatic rings. The molecule has 3 rings (SSSR count). The number of ether oxygens (including phenoxy) is 1. The molecule has 0 unspecified atom stereocenters. The zero-order chi connectivity index (χ0) is 23.4. The number of aromatic nitrogens is 2. The van der Waals surface area contributed by atoms with Crippen LogP contribution in [0, 0.1) is 11.6 Å². The maximum Gasteiger partial charge on any atom is 0.410 e. The topological polar surface area (TPSA) is 116 Å². The number of rotatable bonds is 5. The van der Waals surface area contributed by atoms with Gasteiger partial charge in [-0.05, 0) is 38.8 Å². The summed E-state index contributed by atoms with van der Waals surface area (Å²) < 4.78 is 32.8. The third-order valence-electron chi connectivity index (χ3n) is 4.81. The number of nitrogens with one attached hydrogen (secondary N) is 3. The van der Waals surface area contributed by atoms with Crippen LogP contribution in [0.2, 0.25) is 5.02 Å². The fourth-order valence-electron chi connectivity index (χ4n) is 3.21. The van der Waals surface area contributed by atoms with Gasteiger partial charge in [-0.3, -0.25) is 14.7 Å². The Kier molecular flexibility index (Phi) is 7.29. The maximum atomic E-state index is 14.0. The van der Waals surface area contributed by atoms with Gasteiger partial charge < -0.3 is 20.3 Å². The van der Waals surface area contributed by atoms with Gasteiger partial charge in [0, 0.05) is 19.1 Å². The van der Waals surface area contributed by atoms with Gasteiger partial charge in [-0.15, -0.1) is 0 Å². The number of hydrogen-bond acceptors (Lipinski definition) is 5. The Balaban J connectivity index is 1.61. The predicted octanol–water partition coefficient (Wildman–Crippen LogP) is 3.33. The second-order valence-corrected chi connectivity index (χ2v) is 7.88.